The van der Waals surface area contributed by atoms with Gasteiger partial charge in [-0.1, -0.05) is 12.1 Å². The Morgan fingerprint density at radius 3 is 2.18 bits per heavy atom. The summed E-state index contributed by atoms with van der Waals surface area (Å²) < 4.78 is 68.8. The third-order valence-corrected chi connectivity index (χ3v) is 5.95. The van der Waals surface area contributed by atoms with Crippen molar-refractivity contribution in [2.24, 2.45) is 0 Å². The molecule has 0 spiro atoms. The minimum absolute atomic E-state index is 0.0326. The number of halogens is 2. The second-order valence-electron chi connectivity index (χ2n) is 6.59. The lowest BCUT2D eigenvalue weighted by Gasteiger charge is -2.16. The molecule has 0 heterocycles. The highest BCUT2D eigenvalue weighted by molar-refractivity contribution is 7.92. The van der Waals surface area contributed by atoms with Gasteiger partial charge in [0, 0.05) is 11.3 Å². The van der Waals surface area contributed by atoms with E-state index in [1.54, 1.807) is 24.3 Å². The van der Waals surface area contributed by atoms with Gasteiger partial charge in [0.05, 0.1) is 19.8 Å². The number of nitrogens with one attached hydrogen (secondary N) is 1. The number of carboxylic acids is 1. The van der Waals surface area contributed by atoms with Gasteiger partial charge < -0.3 is 19.3 Å². The van der Waals surface area contributed by atoms with E-state index in [0.717, 1.165) is 6.07 Å². The molecule has 0 aliphatic rings. The molecule has 2 N–H and O–H groups in total. The van der Waals surface area contributed by atoms with E-state index in [-0.39, 0.29) is 28.3 Å². The summed E-state index contributed by atoms with van der Waals surface area (Å²) in [6.45, 7) is -3.09. The van der Waals surface area contributed by atoms with Crippen molar-refractivity contribution in [3.05, 3.63) is 66.2 Å². The minimum Gasteiger partial charge on any atom is -0.497 e. The van der Waals surface area contributed by atoms with Crippen LogP contribution in [0.25, 0.3) is 11.1 Å². The van der Waals surface area contributed by atoms with Gasteiger partial charge in [0.1, 0.15) is 22.1 Å². The summed E-state index contributed by atoms with van der Waals surface area (Å²) in [5.41, 5.74) is 0.448. The molecular formula is C22H19F2NO7S. The Morgan fingerprint density at radius 1 is 0.939 bits per heavy atom. The smallest absolute Gasteiger partial charge is 0.387 e. The molecule has 0 aromatic heterocycles. The van der Waals surface area contributed by atoms with Crippen molar-refractivity contribution in [3.8, 4) is 28.4 Å². The van der Waals surface area contributed by atoms with Crippen molar-refractivity contribution in [3.63, 3.8) is 0 Å². The summed E-state index contributed by atoms with van der Waals surface area (Å²) >= 11 is 0. The summed E-state index contributed by atoms with van der Waals surface area (Å²) in [4.78, 5) is 10.9. The van der Waals surface area contributed by atoms with Crippen molar-refractivity contribution in [2.75, 3.05) is 18.9 Å². The molecule has 0 atom stereocenters. The van der Waals surface area contributed by atoms with Gasteiger partial charge in [-0.05, 0) is 54.1 Å². The molecule has 174 valence electrons. The summed E-state index contributed by atoms with van der Waals surface area (Å²) in [7, 11) is -1.59. The number of aromatic carboxylic acids is 1. The van der Waals surface area contributed by atoms with Crippen molar-refractivity contribution in [1.29, 1.82) is 0 Å². The average Bonchev–Trinajstić information content (AvgIpc) is 2.79. The lowest BCUT2D eigenvalue weighted by Crippen LogP contribution is -2.15. The van der Waals surface area contributed by atoms with E-state index >= 15 is 0 Å². The summed E-state index contributed by atoms with van der Waals surface area (Å²) in [6.07, 6.45) is 0. The number of hydrogen-bond acceptors (Lipinski definition) is 6. The first kappa shape index (κ1) is 23.8. The largest absolute Gasteiger partial charge is 0.497 e. The number of benzene rings is 3. The zero-order chi connectivity index (χ0) is 24.2. The summed E-state index contributed by atoms with van der Waals surface area (Å²) in [5, 5.41) is 9.19. The summed E-state index contributed by atoms with van der Waals surface area (Å²) in [5.74, 6) is -1.01. The number of carbonyl (C=O) groups is 1. The molecule has 3 aromatic carbocycles. The van der Waals surface area contributed by atoms with Crippen molar-refractivity contribution < 1.29 is 41.3 Å². The van der Waals surface area contributed by atoms with Crippen LogP contribution in [-0.4, -0.2) is 40.3 Å². The molecule has 3 rings (SSSR count). The molecule has 0 bridgehead atoms. The molecule has 8 nitrogen and oxygen atoms in total. The minimum atomic E-state index is -4.30. The second-order valence-corrected chi connectivity index (χ2v) is 8.25. The van der Waals surface area contributed by atoms with Gasteiger partial charge in [0.2, 0.25) is 0 Å². The maximum Gasteiger partial charge on any atom is 0.387 e. The van der Waals surface area contributed by atoms with Crippen LogP contribution < -0.4 is 18.9 Å². The first-order valence-corrected chi connectivity index (χ1v) is 10.8. The fraction of sp³-hybridized carbons (Fsp3) is 0.136. The van der Waals surface area contributed by atoms with Gasteiger partial charge in [0.15, 0.2) is 0 Å². The molecule has 0 aliphatic carbocycles. The molecule has 0 amide bonds. The van der Waals surface area contributed by atoms with E-state index < -0.39 is 27.5 Å². The van der Waals surface area contributed by atoms with E-state index in [0.29, 0.717) is 11.3 Å². The first-order valence-electron chi connectivity index (χ1n) is 9.32. The number of rotatable bonds is 9. The van der Waals surface area contributed by atoms with Crippen LogP contribution in [0.4, 0.5) is 14.5 Å². The quantitative estimate of drug-likeness (QED) is 0.466. The highest BCUT2D eigenvalue weighted by Gasteiger charge is 2.23. The zero-order valence-corrected chi connectivity index (χ0v) is 18.2. The normalized spacial score (nSPS) is 11.2. The Hall–Kier alpha value is -3.86. The number of ether oxygens (including phenoxy) is 3. The Morgan fingerprint density at radius 2 is 1.61 bits per heavy atom. The topological polar surface area (TPSA) is 111 Å². The predicted molar refractivity (Wildman–Crippen MR) is 116 cm³/mol. The molecule has 11 heteroatoms. The Kier molecular flexibility index (Phi) is 7.02. The van der Waals surface area contributed by atoms with Gasteiger partial charge in [-0.3, -0.25) is 4.72 Å². The Bertz CT molecular complexity index is 1260. The number of alkyl halides is 2. The third-order valence-electron chi connectivity index (χ3n) is 4.55. The summed E-state index contributed by atoms with van der Waals surface area (Å²) in [6, 6.07) is 13.6. The third kappa shape index (κ3) is 5.50. The molecule has 0 aliphatic heterocycles. The van der Waals surface area contributed by atoms with Crippen molar-refractivity contribution in [1.82, 2.24) is 0 Å². The van der Waals surface area contributed by atoms with Crippen LogP contribution in [0.1, 0.15) is 10.4 Å². The number of anilines is 1. The van der Waals surface area contributed by atoms with Gasteiger partial charge in [-0.2, -0.15) is 8.78 Å². The van der Waals surface area contributed by atoms with Crippen LogP contribution in [0.2, 0.25) is 0 Å². The molecule has 3 aromatic rings. The van der Waals surface area contributed by atoms with Crippen LogP contribution in [0.3, 0.4) is 0 Å². The molecule has 0 fully saturated rings. The molecular weight excluding hydrogens is 460 g/mol. The van der Waals surface area contributed by atoms with E-state index in [9.17, 15) is 27.1 Å². The van der Waals surface area contributed by atoms with Crippen LogP contribution in [0, 0.1) is 0 Å². The molecule has 33 heavy (non-hydrogen) atoms. The van der Waals surface area contributed by atoms with E-state index in [1.165, 1.54) is 44.6 Å². The Labute approximate surface area is 188 Å². The second kappa shape index (κ2) is 9.74. The monoisotopic (exact) mass is 479 g/mol. The molecule has 0 saturated heterocycles. The molecule has 0 unspecified atom stereocenters. The van der Waals surface area contributed by atoms with Gasteiger partial charge in [-0.15, -0.1) is 0 Å². The van der Waals surface area contributed by atoms with Gasteiger partial charge in [0.25, 0.3) is 10.0 Å². The average molecular weight is 479 g/mol. The predicted octanol–water partition coefficient (Wildman–Crippen LogP) is 4.47. The van der Waals surface area contributed by atoms with Crippen molar-refractivity contribution in [2.45, 2.75) is 11.5 Å². The van der Waals surface area contributed by atoms with Crippen LogP contribution >= 0.6 is 0 Å². The van der Waals surface area contributed by atoms with Crippen LogP contribution in [-0.2, 0) is 10.0 Å². The fourth-order valence-corrected chi connectivity index (χ4v) is 4.26. The van der Waals surface area contributed by atoms with E-state index in [2.05, 4.69) is 9.46 Å². The Balaban J connectivity index is 2.05. The lowest BCUT2D eigenvalue weighted by molar-refractivity contribution is -0.0494. The zero-order valence-electron chi connectivity index (χ0n) is 17.4. The highest BCUT2D eigenvalue weighted by atomic mass is 32.2. The van der Waals surface area contributed by atoms with E-state index in [4.69, 9.17) is 9.47 Å². The SMILES string of the molecule is COc1ccc(-c2cc(NS(=O)(=O)c3cc(C(=O)O)ccc3OC)ccc2OC(F)F)cc1. The maximum absolute atomic E-state index is 13.0. The number of hydrogen-bond donors (Lipinski definition) is 2. The van der Waals surface area contributed by atoms with Crippen molar-refractivity contribution >= 4 is 21.7 Å². The standard InChI is InChI=1S/C22H19F2NO7S/c1-30-16-7-3-13(4-8-16)17-12-15(6-10-18(17)32-22(23)24)25-33(28,29)20-11-14(21(26)27)5-9-19(20)31-2/h3-12,22,25H,1-2H3,(H,26,27). The van der Waals surface area contributed by atoms with Gasteiger partial charge >= 0.3 is 12.6 Å². The van der Waals surface area contributed by atoms with Crippen LogP contribution in [0.15, 0.2) is 65.6 Å². The first-order chi connectivity index (χ1) is 15.6. The fourth-order valence-electron chi connectivity index (χ4n) is 3.02. The molecule has 0 radical (unpaired) electrons. The van der Waals surface area contributed by atoms with Crippen LogP contribution in [0.5, 0.6) is 17.2 Å². The number of carboxylic acid groups (broad SMARTS) is 1. The lowest BCUT2D eigenvalue weighted by atomic mass is 10.0. The highest BCUT2D eigenvalue weighted by Crippen LogP contribution is 2.36. The number of sulfonamides is 1. The number of methoxy groups -OCH3 is 2. The van der Waals surface area contributed by atoms with E-state index in [1.807, 2.05) is 0 Å². The molecule has 0 saturated carbocycles. The maximum atomic E-state index is 13.0. The van der Waals surface area contributed by atoms with Gasteiger partial charge in [-0.25, -0.2) is 13.2 Å².